The fraction of sp³-hybridized carbons (Fsp3) is 0.429. The first-order valence-electron chi connectivity index (χ1n) is 10.9. The topological polar surface area (TPSA) is 140 Å². The number of aryl methyl sites for hydroxylation is 1. The molecule has 2 aromatic heterocycles. The molecule has 1 aliphatic heterocycles. The molecule has 1 amide bonds. The van der Waals surface area contributed by atoms with Gasteiger partial charge in [0.2, 0.25) is 11.6 Å². The fourth-order valence-electron chi connectivity index (χ4n) is 4.35. The van der Waals surface area contributed by atoms with Gasteiger partial charge in [-0.1, -0.05) is 35.9 Å². The van der Waals surface area contributed by atoms with Crippen molar-refractivity contribution in [1.29, 1.82) is 0 Å². The molecule has 2 aliphatic rings. The Bertz CT molecular complexity index is 1140. The predicted octanol–water partition coefficient (Wildman–Crippen LogP) is 1.69. The number of carbonyl (C=O) groups is 1. The number of fused-ring (bicyclic) bond motifs is 1. The minimum absolute atomic E-state index is 0.0841. The maximum absolute atomic E-state index is 13.1. The predicted molar refractivity (Wildman–Crippen MR) is 116 cm³/mol. The molecular weight excluding hydrogens is 410 g/mol. The van der Waals surface area contributed by atoms with Gasteiger partial charge >= 0.3 is 0 Å². The number of nitrogens with zero attached hydrogens (tertiary/aromatic N) is 7. The number of carbonyl (C=O) groups excluding carboxylic acids is 1. The number of piperidine rings is 1. The van der Waals surface area contributed by atoms with E-state index in [0.29, 0.717) is 12.2 Å². The molecule has 166 valence electrons. The molecular formula is C21H25N9O2. The van der Waals surface area contributed by atoms with E-state index in [2.05, 4.69) is 42.1 Å². The molecule has 32 heavy (non-hydrogen) atoms. The third-order valence-corrected chi connectivity index (χ3v) is 5.98. The molecule has 0 saturated carbocycles. The number of anilines is 1. The van der Waals surface area contributed by atoms with Crippen LogP contribution in [0.15, 0.2) is 34.0 Å². The van der Waals surface area contributed by atoms with Crippen LogP contribution in [0, 0.1) is 0 Å². The molecule has 11 nitrogen and oxygen atoms in total. The Hall–Kier alpha value is -3.60. The first kappa shape index (κ1) is 20.3. The molecule has 1 aliphatic carbocycles. The largest absolute Gasteiger partial charge is 0.378 e. The van der Waals surface area contributed by atoms with Gasteiger partial charge in [-0.15, -0.1) is 5.10 Å². The lowest BCUT2D eigenvalue weighted by Gasteiger charge is -2.26. The van der Waals surface area contributed by atoms with Crippen LogP contribution in [0.5, 0.6) is 0 Å². The average Bonchev–Trinajstić information content (AvgIpc) is 3.43. The second-order valence-corrected chi connectivity index (χ2v) is 8.12. The van der Waals surface area contributed by atoms with Crippen LogP contribution in [-0.2, 0) is 13.0 Å². The number of aromatic nitrogens is 5. The molecule has 0 spiro atoms. The van der Waals surface area contributed by atoms with E-state index in [1.807, 2.05) is 18.2 Å². The van der Waals surface area contributed by atoms with Crippen LogP contribution in [0.2, 0.25) is 0 Å². The van der Waals surface area contributed by atoms with Gasteiger partial charge in [0.15, 0.2) is 5.69 Å². The molecule has 0 bridgehead atoms. The minimum Gasteiger partial charge on any atom is -0.378 e. The van der Waals surface area contributed by atoms with Crippen molar-refractivity contribution in [1.82, 2.24) is 35.6 Å². The molecule has 1 fully saturated rings. The number of amides is 1. The second kappa shape index (κ2) is 8.87. The number of nitrogens with two attached hydrogens (primary N) is 1. The number of rotatable bonds is 5. The maximum atomic E-state index is 13.1. The zero-order valence-corrected chi connectivity index (χ0v) is 17.7. The zero-order valence-electron chi connectivity index (χ0n) is 17.7. The molecule has 5 rings (SSSR count). The number of hydrazone groups is 1. The number of nitrogens with one attached hydrogen (secondary N) is 1. The van der Waals surface area contributed by atoms with E-state index in [4.69, 9.17) is 10.4 Å². The highest BCUT2D eigenvalue weighted by Gasteiger charge is 2.26. The molecule has 0 unspecified atom stereocenters. The van der Waals surface area contributed by atoms with Gasteiger partial charge in [-0.3, -0.25) is 9.69 Å². The van der Waals surface area contributed by atoms with Gasteiger partial charge in [-0.05, 0) is 61.1 Å². The number of likely N-dealkylation sites (tertiary alicyclic amines) is 1. The first-order chi connectivity index (χ1) is 15.7. The van der Waals surface area contributed by atoms with E-state index in [1.165, 1.54) is 16.7 Å². The zero-order chi connectivity index (χ0) is 21.9. The average molecular weight is 435 g/mol. The molecule has 3 heterocycles. The maximum Gasteiger partial charge on any atom is 0.293 e. The van der Waals surface area contributed by atoms with E-state index in [9.17, 15) is 4.79 Å². The van der Waals surface area contributed by atoms with Crippen LogP contribution in [-0.4, -0.2) is 54.9 Å². The third kappa shape index (κ3) is 3.98. The van der Waals surface area contributed by atoms with Crippen molar-refractivity contribution >= 4 is 17.4 Å². The summed E-state index contributed by atoms with van der Waals surface area (Å²) in [6.45, 7) is 2.37. The van der Waals surface area contributed by atoms with Crippen LogP contribution in [0.1, 0.15) is 59.4 Å². The summed E-state index contributed by atoms with van der Waals surface area (Å²) < 4.78 is 6.15. The first-order valence-corrected chi connectivity index (χ1v) is 10.9. The van der Waals surface area contributed by atoms with Gasteiger partial charge in [-0.25, -0.2) is 10.1 Å². The summed E-state index contributed by atoms with van der Waals surface area (Å²) in [5, 5.41) is 20.1. The fourth-order valence-corrected chi connectivity index (χ4v) is 4.35. The van der Waals surface area contributed by atoms with Crippen LogP contribution in [0.3, 0.4) is 0 Å². The minimum atomic E-state index is -0.422. The van der Waals surface area contributed by atoms with Crippen LogP contribution < -0.4 is 11.2 Å². The number of benzene rings is 1. The molecule has 3 N–H and O–H groups in total. The number of hydrogen-bond acceptors (Lipinski definition) is 9. The second-order valence-electron chi connectivity index (χ2n) is 8.12. The molecule has 11 heteroatoms. The van der Waals surface area contributed by atoms with E-state index >= 15 is 0 Å². The van der Waals surface area contributed by atoms with Gasteiger partial charge < -0.3 is 5.73 Å². The molecule has 1 saturated heterocycles. The molecule has 0 atom stereocenters. The number of nitrogen functional groups attached to an aromatic ring is 1. The van der Waals surface area contributed by atoms with Gasteiger partial charge in [0, 0.05) is 12.1 Å². The SMILES string of the molecule is Nc1nonc1-n1nnc(C(=O)N/N=C2/CCCc3ccccc32)c1CN1CCCCC1. The summed E-state index contributed by atoms with van der Waals surface area (Å²) in [7, 11) is 0. The van der Waals surface area contributed by atoms with Crippen molar-refractivity contribution in [3.05, 3.63) is 46.8 Å². The lowest BCUT2D eigenvalue weighted by atomic mass is 9.90. The van der Waals surface area contributed by atoms with E-state index in [1.54, 1.807) is 0 Å². The molecule has 3 aromatic rings. The summed E-state index contributed by atoms with van der Waals surface area (Å²) >= 11 is 0. The van der Waals surface area contributed by atoms with E-state index in [0.717, 1.165) is 56.5 Å². The Morgan fingerprint density at radius 1 is 1.12 bits per heavy atom. The van der Waals surface area contributed by atoms with Crippen molar-refractivity contribution in [2.45, 2.75) is 45.1 Å². The van der Waals surface area contributed by atoms with Gasteiger partial charge in [0.25, 0.3) is 5.91 Å². The highest BCUT2D eigenvalue weighted by atomic mass is 16.6. The Morgan fingerprint density at radius 2 is 1.97 bits per heavy atom. The van der Waals surface area contributed by atoms with Gasteiger partial charge in [0.1, 0.15) is 0 Å². The Labute approximate surface area is 184 Å². The summed E-state index contributed by atoms with van der Waals surface area (Å²) in [4.78, 5) is 15.4. The standard InChI is InChI=1S/C21H25N9O2/c22-19-20(27-32-26-19)30-17(13-29-11-4-1-5-12-29)18(24-28-30)21(31)25-23-16-10-6-8-14-7-2-3-9-15(14)16/h2-3,7,9H,1,4-6,8,10-13H2,(H2,22,26)(H,25,31)/b23-16-. The molecule has 1 aromatic carbocycles. The highest BCUT2D eigenvalue weighted by Crippen LogP contribution is 2.22. The monoisotopic (exact) mass is 435 g/mol. The smallest absolute Gasteiger partial charge is 0.293 e. The Kier molecular flexibility index (Phi) is 5.63. The number of hydrogen-bond donors (Lipinski definition) is 2. The lowest BCUT2D eigenvalue weighted by Crippen LogP contribution is -2.31. The van der Waals surface area contributed by atoms with Gasteiger partial charge in [-0.2, -0.15) is 9.78 Å². The summed E-state index contributed by atoms with van der Waals surface area (Å²) in [6.07, 6.45) is 6.27. The van der Waals surface area contributed by atoms with Crippen molar-refractivity contribution in [2.24, 2.45) is 5.10 Å². The van der Waals surface area contributed by atoms with E-state index in [-0.39, 0.29) is 17.3 Å². The van der Waals surface area contributed by atoms with Crippen LogP contribution in [0.4, 0.5) is 5.82 Å². The summed E-state index contributed by atoms with van der Waals surface area (Å²) in [5.74, 6) is -0.120. The van der Waals surface area contributed by atoms with E-state index < -0.39 is 5.91 Å². The Morgan fingerprint density at radius 3 is 2.78 bits per heavy atom. The highest BCUT2D eigenvalue weighted by molar-refractivity contribution is 6.03. The van der Waals surface area contributed by atoms with Crippen molar-refractivity contribution in [3.8, 4) is 5.82 Å². The Balaban J connectivity index is 1.43. The normalized spacial score (nSPS) is 17.9. The quantitative estimate of drug-likeness (QED) is 0.577. The van der Waals surface area contributed by atoms with Crippen molar-refractivity contribution < 1.29 is 9.42 Å². The van der Waals surface area contributed by atoms with Gasteiger partial charge in [0.05, 0.1) is 11.4 Å². The van der Waals surface area contributed by atoms with Crippen LogP contribution >= 0.6 is 0 Å². The summed E-state index contributed by atoms with van der Waals surface area (Å²) in [5.41, 5.74) is 12.5. The summed E-state index contributed by atoms with van der Waals surface area (Å²) in [6, 6.07) is 8.15. The third-order valence-electron chi connectivity index (χ3n) is 5.98. The van der Waals surface area contributed by atoms with Crippen molar-refractivity contribution in [3.63, 3.8) is 0 Å². The van der Waals surface area contributed by atoms with Crippen molar-refractivity contribution in [2.75, 3.05) is 18.8 Å². The van der Waals surface area contributed by atoms with Crippen LogP contribution in [0.25, 0.3) is 5.82 Å². The molecule has 0 radical (unpaired) electrons. The lowest BCUT2D eigenvalue weighted by molar-refractivity contribution is 0.0947.